The predicted molar refractivity (Wildman–Crippen MR) is 70.6 cm³/mol. The van der Waals surface area contributed by atoms with Crippen LogP contribution in [0.1, 0.15) is 44.7 Å². The third-order valence-corrected chi connectivity index (χ3v) is 3.40. The summed E-state index contributed by atoms with van der Waals surface area (Å²) < 4.78 is 0. The van der Waals surface area contributed by atoms with E-state index < -0.39 is 0 Å². The highest BCUT2D eigenvalue weighted by Crippen LogP contribution is 2.35. The van der Waals surface area contributed by atoms with Gasteiger partial charge in [0.15, 0.2) is 0 Å². The van der Waals surface area contributed by atoms with Gasteiger partial charge in [-0.05, 0) is 50.4 Å². The number of hydrogen-bond donors (Lipinski definition) is 1. The Labute approximate surface area is 104 Å². The largest absolute Gasteiger partial charge is 0.326 e. The van der Waals surface area contributed by atoms with Crippen molar-refractivity contribution in [3.05, 3.63) is 30.1 Å². The van der Waals surface area contributed by atoms with Gasteiger partial charge in [0.1, 0.15) is 0 Å². The molecule has 0 aliphatic heterocycles. The van der Waals surface area contributed by atoms with Crippen LogP contribution in [0.2, 0.25) is 0 Å². The van der Waals surface area contributed by atoms with Crippen molar-refractivity contribution >= 4 is 0 Å². The minimum atomic E-state index is 0.157. The molecule has 1 aliphatic carbocycles. The molecule has 0 saturated heterocycles. The van der Waals surface area contributed by atoms with Crippen molar-refractivity contribution in [2.45, 2.75) is 51.2 Å². The highest BCUT2D eigenvalue weighted by atomic mass is 15.2. The van der Waals surface area contributed by atoms with Crippen molar-refractivity contribution in [3.8, 4) is 0 Å². The normalized spacial score (nSPS) is 19.3. The quantitative estimate of drug-likeness (QED) is 0.820. The molecule has 94 valence electrons. The molecule has 1 aromatic heterocycles. The van der Waals surface area contributed by atoms with Crippen LogP contribution in [0, 0.1) is 0 Å². The van der Waals surface area contributed by atoms with Gasteiger partial charge in [-0.2, -0.15) is 0 Å². The maximum atomic E-state index is 6.20. The van der Waals surface area contributed by atoms with Crippen molar-refractivity contribution in [3.63, 3.8) is 0 Å². The summed E-state index contributed by atoms with van der Waals surface area (Å²) in [6.45, 7) is 5.48. The van der Waals surface area contributed by atoms with Crippen LogP contribution in [0.3, 0.4) is 0 Å². The van der Waals surface area contributed by atoms with Gasteiger partial charge in [-0.15, -0.1) is 0 Å². The zero-order chi connectivity index (χ0) is 12.3. The van der Waals surface area contributed by atoms with Crippen LogP contribution in [0.4, 0.5) is 0 Å². The van der Waals surface area contributed by atoms with E-state index in [0.717, 1.165) is 12.6 Å². The first kappa shape index (κ1) is 12.5. The first-order valence-corrected chi connectivity index (χ1v) is 6.65. The van der Waals surface area contributed by atoms with E-state index in [1.807, 2.05) is 12.4 Å². The fourth-order valence-corrected chi connectivity index (χ4v) is 2.57. The monoisotopic (exact) mass is 233 g/mol. The second kappa shape index (κ2) is 5.61. The van der Waals surface area contributed by atoms with Gasteiger partial charge in [0.2, 0.25) is 0 Å². The predicted octanol–water partition coefficient (Wildman–Crippen LogP) is 2.34. The van der Waals surface area contributed by atoms with Gasteiger partial charge in [0, 0.05) is 24.5 Å². The number of nitrogens with two attached hydrogens (primary N) is 1. The van der Waals surface area contributed by atoms with Gasteiger partial charge in [-0.1, -0.05) is 6.92 Å². The lowest BCUT2D eigenvalue weighted by molar-refractivity contribution is 0.166. The SMILES string of the molecule is CCCN(C1CC1)C(c1ccncc1)C(C)N. The third-order valence-electron chi connectivity index (χ3n) is 3.40. The van der Waals surface area contributed by atoms with Crippen LogP contribution in [-0.4, -0.2) is 28.5 Å². The van der Waals surface area contributed by atoms with Gasteiger partial charge in [-0.3, -0.25) is 9.88 Å². The maximum absolute atomic E-state index is 6.20. The minimum Gasteiger partial charge on any atom is -0.326 e. The second-order valence-corrected chi connectivity index (χ2v) is 5.05. The molecule has 0 bridgehead atoms. The first-order chi connectivity index (χ1) is 8.24. The smallest absolute Gasteiger partial charge is 0.0500 e. The van der Waals surface area contributed by atoms with Crippen LogP contribution in [-0.2, 0) is 0 Å². The Kier molecular flexibility index (Phi) is 4.13. The molecule has 0 radical (unpaired) electrons. The molecule has 0 amide bonds. The van der Waals surface area contributed by atoms with Crippen LogP contribution in [0.25, 0.3) is 0 Å². The molecule has 2 atom stereocenters. The third kappa shape index (κ3) is 3.05. The molecule has 0 spiro atoms. The molecule has 2 unspecified atom stereocenters. The summed E-state index contributed by atoms with van der Waals surface area (Å²) in [5, 5.41) is 0. The zero-order valence-corrected chi connectivity index (χ0v) is 10.8. The van der Waals surface area contributed by atoms with Gasteiger partial charge in [0.05, 0.1) is 6.04 Å². The summed E-state index contributed by atoms with van der Waals surface area (Å²) in [5.74, 6) is 0. The summed E-state index contributed by atoms with van der Waals surface area (Å²) in [6.07, 6.45) is 7.57. The summed E-state index contributed by atoms with van der Waals surface area (Å²) >= 11 is 0. The highest BCUT2D eigenvalue weighted by Gasteiger charge is 2.35. The average Bonchev–Trinajstić information content (AvgIpc) is 3.13. The highest BCUT2D eigenvalue weighted by molar-refractivity contribution is 5.18. The lowest BCUT2D eigenvalue weighted by Gasteiger charge is -2.34. The van der Waals surface area contributed by atoms with Crippen molar-refractivity contribution < 1.29 is 0 Å². The van der Waals surface area contributed by atoms with Crippen LogP contribution < -0.4 is 5.73 Å². The van der Waals surface area contributed by atoms with Gasteiger partial charge in [0.25, 0.3) is 0 Å². The van der Waals surface area contributed by atoms with Crippen LogP contribution in [0.5, 0.6) is 0 Å². The molecule has 3 nitrogen and oxygen atoms in total. The summed E-state index contributed by atoms with van der Waals surface area (Å²) in [5.41, 5.74) is 7.50. The Morgan fingerprint density at radius 1 is 1.41 bits per heavy atom. The number of nitrogens with zero attached hydrogens (tertiary/aromatic N) is 2. The van der Waals surface area contributed by atoms with E-state index in [2.05, 4.69) is 35.9 Å². The standard InChI is InChI=1S/C14H23N3/c1-3-10-17(13-4-5-13)14(11(2)15)12-6-8-16-9-7-12/h6-9,11,13-14H,3-5,10,15H2,1-2H3. The van der Waals surface area contributed by atoms with E-state index in [-0.39, 0.29) is 6.04 Å². The summed E-state index contributed by atoms with van der Waals surface area (Å²) in [6, 6.07) is 5.44. The Morgan fingerprint density at radius 3 is 2.53 bits per heavy atom. The maximum Gasteiger partial charge on any atom is 0.0500 e. The Bertz CT molecular complexity index is 333. The molecule has 3 heteroatoms. The van der Waals surface area contributed by atoms with Crippen molar-refractivity contribution in [2.24, 2.45) is 5.73 Å². The Balaban J connectivity index is 2.20. The number of rotatable bonds is 6. The van der Waals surface area contributed by atoms with Gasteiger partial charge in [-0.25, -0.2) is 0 Å². The van der Waals surface area contributed by atoms with Gasteiger partial charge >= 0.3 is 0 Å². The minimum absolute atomic E-state index is 0.157. The topological polar surface area (TPSA) is 42.2 Å². The average molecular weight is 233 g/mol. The molecule has 1 aromatic rings. The second-order valence-electron chi connectivity index (χ2n) is 5.05. The molecule has 17 heavy (non-hydrogen) atoms. The van der Waals surface area contributed by atoms with Crippen molar-refractivity contribution in [1.82, 2.24) is 9.88 Å². The molecule has 1 aliphatic rings. The Hall–Kier alpha value is -0.930. The van der Waals surface area contributed by atoms with E-state index in [9.17, 15) is 0 Å². The van der Waals surface area contributed by atoms with E-state index >= 15 is 0 Å². The zero-order valence-electron chi connectivity index (χ0n) is 10.8. The fourth-order valence-electron chi connectivity index (χ4n) is 2.57. The number of aromatic nitrogens is 1. The molecule has 1 fully saturated rings. The van der Waals surface area contributed by atoms with Crippen LogP contribution >= 0.6 is 0 Å². The molecule has 0 aromatic carbocycles. The molecule has 2 N–H and O–H groups in total. The van der Waals surface area contributed by atoms with E-state index in [1.165, 1.54) is 24.8 Å². The first-order valence-electron chi connectivity index (χ1n) is 6.65. The van der Waals surface area contributed by atoms with E-state index in [4.69, 9.17) is 5.73 Å². The van der Waals surface area contributed by atoms with E-state index in [1.54, 1.807) is 0 Å². The lowest BCUT2D eigenvalue weighted by atomic mass is 10.00. The lowest BCUT2D eigenvalue weighted by Crippen LogP contribution is -2.41. The number of hydrogen-bond acceptors (Lipinski definition) is 3. The summed E-state index contributed by atoms with van der Waals surface area (Å²) in [7, 11) is 0. The molecule has 1 saturated carbocycles. The number of pyridine rings is 1. The Morgan fingerprint density at radius 2 is 2.06 bits per heavy atom. The molecule has 1 heterocycles. The molecular formula is C14H23N3. The summed E-state index contributed by atoms with van der Waals surface area (Å²) in [4.78, 5) is 6.68. The van der Waals surface area contributed by atoms with Crippen LogP contribution in [0.15, 0.2) is 24.5 Å². The van der Waals surface area contributed by atoms with Crippen molar-refractivity contribution in [1.29, 1.82) is 0 Å². The molecular weight excluding hydrogens is 210 g/mol. The fraction of sp³-hybridized carbons (Fsp3) is 0.643. The van der Waals surface area contributed by atoms with E-state index in [0.29, 0.717) is 6.04 Å². The van der Waals surface area contributed by atoms with Crippen molar-refractivity contribution in [2.75, 3.05) is 6.54 Å². The van der Waals surface area contributed by atoms with Gasteiger partial charge < -0.3 is 5.73 Å². The molecule has 2 rings (SSSR count).